The third-order valence-electron chi connectivity index (χ3n) is 3.92. The van der Waals surface area contributed by atoms with Gasteiger partial charge in [-0.2, -0.15) is 0 Å². The minimum absolute atomic E-state index is 0.0353. The first-order valence-electron chi connectivity index (χ1n) is 6.80. The van der Waals surface area contributed by atoms with E-state index in [1.54, 1.807) is 17.0 Å². The first kappa shape index (κ1) is 14.4. The highest BCUT2D eigenvalue weighted by molar-refractivity contribution is 5.95. The summed E-state index contributed by atoms with van der Waals surface area (Å²) in [6, 6.07) is 6.14. The van der Waals surface area contributed by atoms with Gasteiger partial charge in [0, 0.05) is 18.7 Å². The number of aromatic hydroxyl groups is 1. The summed E-state index contributed by atoms with van der Waals surface area (Å²) in [6.45, 7) is 2.63. The number of carbonyl (C=O) groups excluding carboxylic acids is 1. The molecule has 1 unspecified atom stereocenters. The van der Waals surface area contributed by atoms with Gasteiger partial charge in [-0.05, 0) is 31.0 Å². The molecular formula is C15H19NO4. The van der Waals surface area contributed by atoms with E-state index in [0.29, 0.717) is 24.9 Å². The van der Waals surface area contributed by atoms with Crippen LogP contribution >= 0.6 is 0 Å². The van der Waals surface area contributed by atoms with E-state index >= 15 is 0 Å². The Bertz CT molecular complexity index is 528. The van der Waals surface area contributed by atoms with Gasteiger partial charge in [-0.15, -0.1) is 0 Å². The Balaban J connectivity index is 2.16. The molecule has 2 rings (SSSR count). The standard InChI is InChI=1S/C15H19NO4/c1-2-6-15(14(19)20)7-8-16(10-15)13(18)11-4-3-5-12(17)9-11/h3-5,9,17H,2,6-8,10H2,1H3,(H,19,20). The van der Waals surface area contributed by atoms with Gasteiger partial charge < -0.3 is 15.1 Å². The minimum Gasteiger partial charge on any atom is -0.508 e. The molecule has 0 aliphatic carbocycles. The van der Waals surface area contributed by atoms with Crippen LogP contribution in [-0.2, 0) is 4.79 Å². The molecule has 2 N–H and O–H groups in total. The maximum atomic E-state index is 12.3. The number of carboxylic acid groups (broad SMARTS) is 1. The fraction of sp³-hybridized carbons (Fsp3) is 0.467. The highest BCUT2D eigenvalue weighted by atomic mass is 16.4. The van der Waals surface area contributed by atoms with E-state index in [2.05, 4.69) is 0 Å². The Morgan fingerprint density at radius 1 is 1.40 bits per heavy atom. The van der Waals surface area contributed by atoms with Crippen LogP contribution in [0.25, 0.3) is 0 Å². The van der Waals surface area contributed by atoms with Crippen LogP contribution in [0.1, 0.15) is 36.5 Å². The second-order valence-electron chi connectivity index (χ2n) is 5.36. The van der Waals surface area contributed by atoms with Crippen molar-refractivity contribution < 1.29 is 19.8 Å². The fourth-order valence-corrected chi connectivity index (χ4v) is 2.83. The van der Waals surface area contributed by atoms with Crippen molar-refractivity contribution >= 4 is 11.9 Å². The number of benzene rings is 1. The molecule has 1 heterocycles. The van der Waals surface area contributed by atoms with Crippen LogP contribution in [0.2, 0.25) is 0 Å². The van der Waals surface area contributed by atoms with Gasteiger partial charge in [0.05, 0.1) is 5.41 Å². The topological polar surface area (TPSA) is 77.8 Å². The average molecular weight is 277 g/mol. The lowest BCUT2D eigenvalue weighted by Gasteiger charge is -2.24. The Labute approximate surface area is 117 Å². The molecule has 0 spiro atoms. The number of hydrogen-bond acceptors (Lipinski definition) is 3. The summed E-state index contributed by atoms with van der Waals surface area (Å²) in [5.41, 5.74) is -0.427. The van der Waals surface area contributed by atoms with Crippen LogP contribution in [0.4, 0.5) is 0 Å². The predicted octanol–water partition coefficient (Wildman–Crippen LogP) is 2.11. The third kappa shape index (κ3) is 2.61. The summed E-state index contributed by atoms with van der Waals surface area (Å²) in [4.78, 5) is 25.4. The van der Waals surface area contributed by atoms with E-state index in [-0.39, 0.29) is 18.2 Å². The van der Waals surface area contributed by atoms with Gasteiger partial charge in [0.2, 0.25) is 0 Å². The Morgan fingerprint density at radius 3 is 2.75 bits per heavy atom. The zero-order valence-corrected chi connectivity index (χ0v) is 11.5. The van der Waals surface area contributed by atoms with Crippen molar-refractivity contribution in [3.63, 3.8) is 0 Å². The Kier molecular flexibility index (Phi) is 3.97. The van der Waals surface area contributed by atoms with Crippen molar-refractivity contribution in [1.29, 1.82) is 0 Å². The van der Waals surface area contributed by atoms with E-state index in [1.165, 1.54) is 12.1 Å². The van der Waals surface area contributed by atoms with Crippen molar-refractivity contribution in [2.24, 2.45) is 5.41 Å². The number of rotatable bonds is 4. The lowest BCUT2D eigenvalue weighted by Crippen LogP contribution is -2.36. The molecule has 1 fully saturated rings. The zero-order valence-electron chi connectivity index (χ0n) is 11.5. The quantitative estimate of drug-likeness (QED) is 0.883. The first-order valence-corrected chi connectivity index (χ1v) is 6.80. The molecule has 1 aliphatic rings. The van der Waals surface area contributed by atoms with Gasteiger partial charge in [0.15, 0.2) is 0 Å². The Morgan fingerprint density at radius 2 is 2.15 bits per heavy atom. The van der Waals surface area contributed by atoms with Gasteiger partial charge in [0.1, 0.15) is 5.75 Å². The zero-order chi connectivity index (χ0) is 14.8. The number of hydrogen-bond donors (Lipinski definition) is 2. The van der Waals surface area contributed by atoms with Crippen LogP contribution < -0.4 is 0 Å². The molecule has 1 aromatic rings. The maximum absolute atomic E-state index is 12.3. The van der Waals surface area contributed by atoms with Crippen LogP contribution in [0.5, 0.6) is 5.75 Å². The number of likely N-dealkylation sites (tertiary alicyclic amines) is 1. The summed E-state index contributed by atoms with van der Waals surface area (Å²) < 4.78 is 0. The van der Waals surface area contributed by atoms with E-state index in [0.717, 1.165) is 6.42 Å². The van der Waals surface area contributed by atoms with Crippen molar-refractivity contribution in [3.8, 4) is 5.75 Å². The number of nitrogens with zero attached hydrogens (tertiary/aromatic N) is 1. The van der Waals surface area contributed by atoms with E-state index in [9.17, 15) is 19.8 Å². The van der Waals surface area contributed by atoms with Crippen molar-refractivity contribution in [3.05, 3.63) is 29.8 Å². The molecular weight excluding hydrogens is 258 g/mol. The molecule has 0 bridgehead atoms. The summed E-state index contributed by atoms with van der Waals surface area (Å²) in [7, 11) is 0. The number of amides is 1. The molecule has 0 radical (unpaired) electrons. The highest BCUT2D eigenvalue weighted by Crippen LogP contribution is 2.36. The maximum Gasteiger partial charge on any atom is 0.311 e. The second-order valence-corrected chi connectivity index (χ2v) is 5.36. The highest BCUT2D eigenvalue weighted by Gasteiger charge is 2.45. The van der Waals surface area contributed by atoms with Crippen LogP contribution in [-0.4, -0.2) is 40.1 Å². The molecule has 1 amide bonds. The van der Waals surface area contributed by atoms with Crippen molar-refractivity contribution in [2.45, 2.75) is 26.2 Å². The van der Waals surface area contributed by atoms with Crippen LogP contribution in [0, 0.1) is 5.41 Å². The van der Waals surface area contributed by atoms with Crippen LogP contribution in [0.15, 0.2) is 24.3 Å². The lowest BCUT2D eigenvalue weighted by atomic mass is 9.83. The van der Waals surface area contributed by atoms with Crippen LogP contribution in [0.3, 0.4) is 0 Å². The number of carboxylic acids is 1. The molecule has 5 nitrogen and oxygen atoms in total. The van der Waals surface area contributed by atoms with E-state index in [1.807, 2.05) is 6.92 Å². The van der Waals surface area contributed by atoms with Gasteiger partial charge in [-0.3, -0.25) is 9.59 Å². The van der Waals surface area contributed by atoms with E-state index in [4.69, 9.17) is 0 Å². The molecule has 1 saturated heterocycles. The SMILES string of the molecule is CCCC1(C(=O)O)CCN(C(=O)c2cccc(O)c2)C1. The second kappa shape index (κ2) is 5.53. The normalized spacial score (nSPS) is 21.9. The summed E-state index contributed by atoms with van der Waals surface area (Å²) in [5, 5.41) is 18.8. The minimum atomic E-state index is -0.828. The molecule has 20 heavy (non-hydrogen) atoms. The Hall–Kier alpha value is -2.04. The van der Waals surface area contributed by atoms with Crippen molar-refractivity contribution in [2.75, 3.05) is 13.1 Å². The number of phenols is 1. The van der Waals surface area contributed by atoms with Crippen molar-refractivity contribution in [1.82, 2.24) is 4.90 Å². The third-order valence-corrected chi connectivity index (χ3v) is 3.92. The molecule has 0 aromatic heterocycles. The number of aliphatic carboxylic acids is 1. The molecule has 108 valence electrons. The number of phenolic OH excluding ortho intramolecular Hbond substituents is 1. The first-order chi connectivity index (χ1) is 9.48. The molecule has 5 heteroatoms. The monoisotopic (exact) mass is 277 g/mol. The number of carbonyl (C=O) groups is 2. The van der Waals surface area contributed by atoms with Gasteiger partial charge in [0.25, 0.3) is 5.91 Å². The molecule has 0 saturated carbocycles. The van der Waals surface area contributed by atoms with Gasteiger partial charge in [-0.25, -0.2) is 0 Å². The predicted molar refractivity (Wildman–Crippen MR) is 73.6 cm³/mol. The lowest BCUT2D eigenvalue weighted by molar-refractivity contribution is -0.148. The average Bonchev–Trinajstić information content (AvgIpc) is 2.84. The summed E-state index contributed by atoms with van der Waals surface area (Å²) in [6.07, 6.45) is 1.84. The van der Waals surface area contributed by atoms with Gasteiger partial charge >= 0.3 is 5.97 Å². The summed E-state index contributed by atoms with van der Waals surface area (Å²) in [5.74, 6) is -1.02. The largest absolute Gasteiger partial charge is 0.508 e. The summed E-state index contributed by atoms with van der Waals surface area (Å²) >= 11 is 0. The molecule has 1 atom stereocenters. The smallest absolute Gasteiger partial charge is 0.311 e. The van der Waals surface area contributed by atoms with Gasteiger partial charge in [-0.1, -0.05) is 19.4 Å². The molecule has 1 aromatic carbocycles. The fourth-order valence-electron chi connectivity index (χ4n) is 2.83. The van der Waals surface area contributed by atoms with E-state index < -0.39 is 11.4 Å². The molecule has 1 aliphatic heterocycles.